The number of para-hydroxylation sites is 1. The Morgan fingerprint density at radius 2 is 1.83 bits per heavy atom. The second-order valence-corrected chi connectivity index (χ2v) is 9.42. The number of aromatic nitrogens is 2. The summed E-state index contributed by atoms with van der Waals surface area (Å²) in [7, 11) is 1.68. The van der Waals surface area contributed by atoms with Crippen LogP contribution in [0.25, 0.3) is 0 Å². The Bertz CT molecular complexity index is 1250. The highest BCUT2D eigenvalue weighted by molar-refractivity contribution is 7.09. The van der Waals surface area contributed by atoms with Crippen LogP contribution in [0.1, 0.15) is 21.7 Å². The predicted molar refractivity (Wildman–Crippen MR) is 146 cm³/mol. The zero-order valence-electron chi connectivity index (χ0n) is 20.5. The standard InChI is InChI=1S/C28H31N5O2S/c1-20-17-26(33-28(31-20)29-15-14-22-11-6-7-13-25(22)35-2)32-24(18-21-9-4-3-5-10-21)27(34)30-19-23-12-8-16-36-23/h3-13,16-17,24H,14-15,18-19H2,1-2H3,(H,30,34)(H2,29,31,32,33)/t24-/m0/s1. The Kier molecular flexibility index (Phi) is 8.88. The fourth-order valence-electron chi connectivity index (χ4n) is 3.89. The third-order valence-electron chi connectivity index (χ3n) is 5.66. The molecule has 3 N–H and O–H groups in total. The monoisotopic (exact) mass is 501 g/mol. The molecule has 4 rings (SSSR count). The number of nitrogens with zero attached hydrogens (tertiary/aromatic N) is 2. The summed E-state index contributed by atoms with van der Waals surface area (Å²) < 4.78 is 5.44. The summed E-state index contributed by atoms with van der Waals surface area (Å²) in [6.45, 7) is 3.07. The van der Waals surface area contributed by atoms with Gasteiger partial charge in [0.15, 0.2) is 0 Å². The lowest BCUT2D eigenvalue weighted by atomic mass is 10.1. The highest BCUT2D eigenvalue weighted by Gasteiger charge is 2.20. The number of aryl methyl sites for hydroxylation is 1. The summed E-state index contributed by atoms with van der Waals surface area (Å²) >= 11 is 1.62. The van der Waals surface area contributed by atoms with Gasteiger partial charge in [-0.1, -0.05) is 54.6 Å². The van der Waals surface area contributed by atoms with E-state index in [-0.39, 0.29) is 5.91 Å². The topological polar surface area (TPSA) is 88.2 Å². The van der Waals surface area contributed by atoms with Crippen molar-refractivity contribution in [2.24, 2.45) is 0 Å². The Balaban J connectivity index is 1.44. The highest BCUT2D eigenvalue weighted by atomic mass is 32.1. The number of rotatable bonds is 12. The molecule has 4 aromatic rings. The lowest BCUT2D eigenvalue weighted by molar-refractivity contribution is -0.122. The molecule has 2 aromatic carbocycles. The van der Waals surface area contributed by atoms with Gasteiger partial charge in [0.1, 0.15) is 17.6 Å². The van der Waals surface area contributed by atoms with E-state index in [9.17, 15) is 4.79 Å². The SMILES string of the molecule is COc1ccccc1CCNc1nc(C)cc(N[C@@H](Cc2ccccc2)C(=O)NCc2cccs2)n1. The number of anilines is 2. The fraction of sp³-hybridized carbons (Fsp3) is 0.250. The van der Waals surface area contributed by atoms with Crippen molar-refractivity contribution in [3.8, 4) is 5.75 Å². The van der Waals surface area contributed by atoms with E-state index in [1.54, 1.807) is 18.4 Å². The van der Waals surface area contributed by atoms with Crippen molar-refractivity contribution in [2.45, 2.75) is 32.4 Å². The zero-order valence-corrected chi connectivity index (χ0v) is 21.3. The zero-order chi connectivity index (χ0) is 25.2. The molecule has 0 fully saturated rings. The van der Waals surface area contributed by atoms with Gasteiger partial charge in [-0.05, 0) is 42.0 Å². The van der Waals surface area contributed by atoms with Crippen LogP contribution in [0.2, 0.25) is 0 Å². The van der Waals surface area contributed by atoms with Crippen LogP contribution in [0, 0.1) is 6.92 Å². The van der Waals surface area contributed by atoms with Crippen molar-refractivity contribution in [2.75, 3.05) is 24.3 Å². The highest BCUT2D eigenvalue weighted by Crippen LogP contribution is 2.18. The maximum Gasteiger partial charge on any atom is 0.243 e. The lowest BCUT2D eigenvalue weighted by Crippen LogP contribution is -2.41. The average Bonchev–Trinajstić information content (AvgIpc) is 3.41. The van der Waals surface area contributed by atoms with E-state index in [2.05, 4.69) is 25.9 Å². The van der Waals surface area contributed by atoms with Gasteiger partial charge in [-0.25, -0.2) is 4.98 Å². The molecule has 0 radical (unpaired) electrons. The van der Waals surface area contributed by atoms with Gasteiger partial charge in [-0.15, -0.1) is 11.3 Å². The van der Waals surface area contributed by atoms with Crippen molar-refractivity contribution in [3.63, 3.8) is 0 Å². The molecule has 0 bridgehead atoms. The van der Waals surface area contributed by atoms with Crippen LogP contribution < -0.4 is 20.7 Å². The maximum absolute atomic E-state index is 13.2. The predicted octanol–water partition coefficient (Wildman–Crippen LogP) is 4.85. The maximum atomic E-state index is 13.2. The first-order valence-electron chi connectivity index (χ1n) is 11.9. The number of hydrogen-bond acceptors (Lipinski definition) is 7. The van der Waals surface area contributed by atoms with E-state index < -0.39 is 6.04 Å². The number of thiophene rings is 1. The van der Waals surface area contributed by atoms with Gasteiger partial charge in [-0.3, -0.25) is 4.79 Å². The smallest absolute Gasteiger partial charge is 0.243 e. The molecule has 0 unspecified atom stereocenters. The molecule has 0 spiro atoms. The molecule has 7 nitrogen and oxygen atoms in total. The fourth-order valence-corrected chi connectivity index (χ4v) is 4.53. The largest absolute Gasteiger partial charge is 0.496 e. The number of benzene rings is 2. The summed E-state index contributed by atoms with van der Waals surface area (Å²) in [5.41, 5.74) is 3.00. The van der Waals surface area contributed by atoms with E-state index in [0.717, 1.165) is 33.9 Å². The summed E-state index contributed by atoms with van der Waals surface area (Å²) in [6, 6.07) is 23.3. The van der Waals surface area contributed by atoms with Gasteiger partial charge in [0, 0.05) is 29.6 Å². The molecule has 2 heterocycles. The molecule has 0 saturated heterocycles. The van der Waals surface area contributed by atoms with Gasteiger partial charge < -0.3 is 20.7 Å². The van der Waals surface area contributed by atoms with Crippen molar-refractivity contribution in [1.82, 2.24) is 15.3 Å². The summed E-state index contributed by atoms with van der Waals surface area (Å²) in [6.07, 6.45) is 1.31. The summed E-state index contributed by atoms with van der Waals surface area (Å²) in [5, 5.41) is 11.7. The van der Waals surface area contributed by atoms with Gasteiger partial charge in [-0.2, -0.15) is 4.98 Å². The molecule has 0 saturated carbocycles. The quantitative estimate of drug-likeness (QED) is 0.257. The number of methoxy groups -OCH3 is 1. The first-order valence-corrected chi connectivity index (χ1v) is 12.8. The Labute approximate surface area is 216 Å². The molecule has 0 aliphatic rings. The van der Waals surface area contributed by atoms with Crippen molar-refractivity contribution in [3.05, 3.63) is 99.9 Å². The minimum absolute atomic E-state index is 0.0748. The van der Waals surface area contributed by atoms with Crippen LogP contribution in [0.15, 0.2) is 78.2 Å². The van der Waals surface area contributed by atoms with Crippen LogP contribution in [-0.4, -0.2) is 35.6 Å². The second kappa shape index (κ2) is 12.7. The molecule has 186 valence electrons. The normalized spacial score (nSPS) is 11.5. The van der Waals surface area contributed by atoms with Gasteiger partial charge >= 0.3 is 0 Å². The van der Waals surface area contributed by atoms with E-state index >= 15 is 0 Å². The third-order valence-corrected chi connectivity index (χ3v) is 6.54. The van der Waals surface area contributed by atoms with E-state index in [1.165, 1.54) is 0 Å². The van der Waals surface area contributed by atoms with Crippen molar-refractivity contribution in [1.29, 1.82) is 0 Å². The molecule has 1 atom stereocenters. The number of carbonyl (C=O) groups is 1. The van der Waals surface area contributed by atoms with Crippen LogP contribution in [0.5, 0.6) is 5.75 Å². The lowest BCUT2D eigenvalue weighted by Gasteiger charge is -2.20. The van der Waals surface area contributed by atoms with E-state index in [4.69, 9.17) is 4.74 Å². The molecule has 1 amide bonds. The molecule has 8 heteroatoms. The molecule has 0 aliphatic heterocycles. The molecular weight excluding hydrogens is 470 g/mol. The first-order chi connectivity index (χ1) is 17.6. The van der Waals surface area contributed by atoms with Crippen LogP contribution >= 0.6 is 11.3 Å². The number of nitrogens with one attached hydrogen (secondary N) is 3. The van der Waals surface area contributed by atoms with Crippen LogP contribution in [0.4, 0.5) is 11.8 Å². The average molecular weight is 502 g/mol. The summed E-state index contributed by atoms with van der Waals surface area (Å²) in [5.74, 6) is 1.91. The second-order valence-electron chi connectivity index (χ2n) is 8.39. The van der Waals surface area contributed by atoms with E-state index in [0.29, 0.717) is 31.3 Å². The van der Waals surface area contributed by atoms with Gasteiger partial charge in [0.2, 0.25) is 11.9 Å². The number of carbonyl (C=O) groups excluding carboxylic acids is 1. The number of ether oxygens (including phenoxy) is 1. The Hall–Kier alpha value is -3.91. The first kappa shape index (κ1) is 25.2. The number of hydrogen-bond donors (Lipinski definition) is 3. The van der Waals surface area contributed by atoms with Crippen molar-refractivity contribution < 1.29 is 9.53 Å². The molecule has 36 heavy (non-hydrogen) atoms. The number of amides is 1. The Morgan fingerprint density at radius 3 is 2.61 bits per heavy atom. The minimum atomic E-state index is -0.483. The van der Waals surface area contributed by atoms with Crippen LogP contribution in [-0.2, 0) is 24.2 Å². The van der Waals surface area contributed by atoms with Crippen molar-refractivity contribution >= 4 is 29.0 Å². The third kappa shape index (κ3) is 7.29. The van der Waals surface area contributed by atoms with Crippen LogP contribution in [0.3, 0.4) is 0 Å². The summed E-state index contributed by atoms with van der Waals surface area (Å²) in [4.78, 5) is 23.4. The van der Waals surface area contributed by atoms with Gasteiger partial charge in [0.05, 0.1) is 13.7 Å². The molecular formula is C28H31N5O2S. The Morgan fingerprint density at radius 1 is 1.03 bits per heavy atom. The van der Waals surface area contributed by atoms with E-state index in [1.807, 2.05) is 85.1 Å². The van der Waals surface area contributed by atoms with Gasteiger partial charge in [0.25, 0.3) is 0 Å². The molecule has 2 aromatic heterocycles. The molecule has 0 aliphatic carbocycles. The minimum Gasteiger partial charge on any atom is -0.496 e.